The molecule has 0 saturated carbocycles. The highest BCUT2D eigenvalue weighted by Gasteiger charge is 2.06. The van der Waals surface area contributed by atoms with E-state index in [1.54, 1.807) is 7.11 Å². The van der Waals surface area contributed by atoms with Crippen LogP contribution < -0.4 is 10.1 Å². The van der Waals surface area contributed by atoms with Crippen LogP contribution in [-0.4, -0.2) is 14.2 Å². The molecule has 0 bridgehead atoms. The summed E-state index contributed by atoms with van der Waals surface area (Å²) in [6.07, 6.45) is 0.946. The number of ether oxygens (including phenoxy) is 1. The van der Waals surface area contributed by atoms with Gasteiger partial charge in [-0.25, -0.2) is 0 Å². The zero-order valence-corrected chi connectivity index (χ0v) is 12.1. The average molecular weight is 255 g/mol. The van der Waals surface area contributed by atoms with E-state index in [9.17, 15) is 0 Å². The Balaban J connectivity index is 2.28. The topological polar surface area (TPSA) is 21.3 Å². The van der Waals surface area contributed by atoms with Gasteiger partial charge in [-0.15, -0.1) is 0 Å². The highest BCUT2D eigenvalue weighted by atomic mass is 16.5. The van der Waals surface area contributed by atoms with Gasteiger partial charge in [-0.3, -0.25) is 0 Å². The van der Waals surface area contributed by atoms with Gasteiger partial charge < -0.3 is 10.1 Å². The van der Waals surface area contributed by atoms with Gasteiger partial charge in [0.1, 0.15) is 5.75 Å². The Hall–Kier alpha value is -1.96. The molecule has 0 atom stereocenters. The van der Waals surface area contributed by atoms with E-state index in [2.05, 4.69) is 55.6 Å². The lowest BCUT2D eigenvalue weighted by Crippen LogP contribution is -1.96. The number of methoxy groups -OCH3 is 1. The first-order valence-corrected chi connectivity index (χ1v) is 6.55. The normalized spacial score (nSPS) is 10.3. The van der Waals surface area contributed by atoms with E-state index in [4.69, 9.17) is 4.74 Å². The molecule has 0 unspecified atom stereocenters. The third kappa shape index (κ3) is 3.08. The molecule has 2 rings (SSSR count). The van der Waals surface area contributed by atoms with Gasteiger partial charge in [0.05, 0.1) is 7.11 Å². The predicted octanol–water partition coefficient (Wildman–Crippen LogP) is 3.94. The van der Waals surface area contributed by atoms with E-state index in [1.165, 1.54) is 22.3 Å². The molecule has 0 amide bonds. The molecule has 0 spiro atoms. The lowest BCUT2D eigenvalue weighted by molar-refractivity contribution is 0.408. The van der Waals surface area contributed by atoms with Crippen molar-refractivity contribution in [3.05, 3.63) is 58.7 Å². The quantitative estimate of drug-likeness (QED) is 0.893. The van der Waals surface area contributed by atoms with Crippen LogP contribution in [0.2, 0.25) is 0 Å². The van der Waals surface area contributed by atoms with Crippen molar-refractivity contribution < 1.29 is 4.74 Å². The van der Waals surface area contributed by atoms with Crippen LogP contribution in [0.3, 0.4) is 0 Å². The van der Waals surface area contributed by atoms with Gasteiger partial charge in [0.2, 0.25) is 0 Å². The molecule has 0 aliphatic heterocycles. The number of anilines is 1. The maximum Gasteiger partial charge on any atom is 0.124 e. The van der Waals surface area contributed by atoms with Crippen molar-refractivity contribution in [1.29, 1.82) is 0 Å². The van der Waals surface area contributed by atoms with Crippen LogP contribution in [0.25, 0.3) is 0 Å². The van der Waals surface area contributed by atoms with Crippen molar-refractivity contribution in [3.8, 4) is 5.75 Å². The Bertz CT molecular complexity index is 552. The van der Waals surface area contributed by atoms with E-state index >= 15 is 0 Å². The Labute approximate surface area is 115 Å². The van der Waals surface area contributed by atoms with Gasteiger partial charge in [0.25, 0.3) is 0 Å². The Kier molecular flexibility index (Phi) is 4.10. The molecule has 1 N–H and O–H groups in total. The fraction of sp³-hybridized carbons (Fsp3) is 0.294. The van der Waals surface area contributed by atoms with E-state index in [0.29, 0.717) is 0 Å². The molecule has 2 heteroatoms. The lowest BCUT2D eigenvalue weighted by atomic mass is 9.99. The van der Waals surface area contributed by atoms with Crippen molar-refractivity contribution in [2.24, 2.45) is 0 Å². The highest BCUT2D eigenvalue weighted by molar-refractivity contribution is 5.48. The molecule has 0 aliphatic carbocycles. The second-order valence-electron chi connectivity index (χ2n) is 4.89. The molecular weight excluding hydrogens is 234 g/mol. The van der Waals surface area contributed by atoms with Gasteiger partial charge in [0, 0.05) is 12.7 Å². The standard InChI is InChI=1S/C17H21NO/c1-12-8-15(9-13(2)17(12)19-4)10-14-6-5-7-16(11-14)18-3/h5-9,11,18H,10H2,1-4H3. The number of nitrogens with one attached hydrogen (secondary N) is 1. The minimum Gasteiger partial charge on any atom is -0.496 e. The number of benzene rings is 2. The minimum absolute atomic E-state index is 0.946. The van der Waals surface area contributed by atoms with Crippen molar-refractivity contribution in [2.75, 3.05) is 19.5 Å². The first kappa shape index (κ1) is 13.5. The Morgan fingerprint density at radius 2 is 1.68 bits per heavy atom. The van der Waals surface area contributed by atoms with Crippen LogP contribution in [0.4, 0.5) is 5.69 Å². The summed E-state index contributed by atoms with van der Waals surface area (Å²) < 4.78 is 5.41. The number of hydrogen-bond acceptors (Lipinski definition) is 2. The number of rotatable bonds is 4. The summed E-state index contributed by atoms with van der Waals surface area (Å²) in [6.45, 7) is 4.19. The van der Waals surface area contributed by atoms with Crippen LogP contribution in [0.1, 0.15) is 22.3 Å². The summed E-state index contributed by atoms with van der Waals surface area (Å²) in [7, 11) is 3.67. The van der Waals surface area contributed by atoms with Crippen LogP contribution in [-0.2, 0) is 6.42 Å². The molecule has 2 aromatic carbocycles. The van der Waals surface area contributed by atoms with Crippen LogP contribution in [0, 0.1) is 13.8 Å². The van der Waals surface area contributed by atoms with E-state index in [1.807, 2.05) is 7.05 Å². The van der Waals surface area contributed by atoms with Gasteiger partial charge in [-0.05, 0) is 54.7 Å². The molecule has 0 heterocycles. The molecule has 2 aromatic rings. The zero-order valence-electron chi connectivity index (χ0n) is 12.1. The number of hydrogen-bond donors (Lipinski definition) is 1. The Morgan fingerprint density at radius 1 is 1.00 bits per heavy atom. The molecule has 0 saturated heterocycles. The summed E-state index contributed by atoms with van der Waals surface area (Å²) in [5, 5.41) is 3.17. The maximum atomic E-state index is 5.41. The molecule has 0 aliphatic rings. The summed E-state index contributed by atoms with van der Waals surface area (Å²) in [5.41, 5.74) is 6.18. The van der Waals surface area contributed by atoms with Crippen LogP contribution in [0.5, 0.6) is 5.75 Å². The van der Waals surface area contributed by atoms with Crippen LogP contribution >= 0.6 is 0 Å². The predicted molar refractivity (Wildman–Crippen MR) is 81.3 cm³/mol. The first-order chi connectivity index (χ1) is 9.13. The lowest BCUT2D eigenvalue weighted by Gasteiger charge is -2.12. The van der Waals surface area contributed by atoms with E-state index in [0.717, 1.165) is 17.9 Å². The second-order valence-corrected chi connectivity index (χ2v) is 4.89. The van der Waals surface area contributed by atoms with Gasteiger partial charge in [0.15, 0.2) is 0 Å². The zero-order chi connectivity index (χ0) is 13.8. The van der Waals surface area contributed by atoms with Crippen molar-refractivity contribution in [3.63, 3.8) is 0 Å². The molecule has 0 aromatic heterocycles. The van der Waals surface area contributed by atoms with E-state index in [-0.39, 0.29) is 0 Å². The molecule has 0 fully saturated rings. The maximum absolute atomic E-state index is 5.41. The molecule has 0 radical (unpaired) electrons. The summed E-state index contributed by atoms with van der Waals surface area (Å²) in [5.74, 6) is 0.993. The third-order valence-electron chi connectivity index (χ3n) is 3.35. The van der Waals surface area contributed by atoms with Gasteiger partial charge >= 0.3 is 0 Å². The van der Waals surface area contributed by atoms with Crippen molar-refractivity contribution >= 4 is 5.69 Å². The minimum atomic E-state index is 0.946. The van der Waals surface area contributed by atoms with Crippen LogP contribution in [0.15, 0.2) is 36.4 Å². The summed E-state index contributed by atoms with van der Waals surface area (Å²) in [6, 6.07) is 12.9. The van der Waals surface area contributed by atoms with Crippen molar-refractivity contribution in [1.82, 2.24) is 0 Å². The smallest absolute Gasteiger partial charge is 0.124 e. The van der Waals surface area contributed by atoms with Gasteiger partial charge in [-0.2, -0.15) is 0 Å². The second kappa shape index (κ2) is 5.79. The first-order valence-electron chi connectivity index (χ1n) is 6.55. The van der Waals surface area contributed by atoms with Crippen molar-refractivity contribution in [2.45, 2.75) is 20.3 Å². The third-order valence-corrected chi connectivity index (χ3v) is 3.35. The largest absolute Gasteiger partial charge is 0.496 e. The Morgan fingerprint density at radius 3 is 2.26 bits per heavy atom. The van der Waals surface area contributed by atoms with Gasteiger partial charge in [-0.1, -0.05) is 24.3 Å². The molecule has 19 heavy (non-hydrogen) atoms. The monoisotopic (exact) mass is 255 g/mol. The molecule has 100 valence electrons. The molecular formula is C17H21NO. The SMILES string of the molecule is CNc1cccc(Cc2cc(C)c(OC)c(C)c2)c1. The summed E-state index contributed by atoms with van der Waals surface area (Å²) >= 11 is 0. The fourth-order valence-corrected chi connectivity index (χ4v) is 2.54. The molecule has 2 nitrogen and oxygen atoms in total. The number of aryl methyl sites for hydroxylation is 2. The van der Waals surface area contributed by atoms with E-state index < -0.39 is 0 Å². The average Bonchev–Trinajstić information content (AvgIpc) is 2.38. The fourth-order valence-electron chi connectivity index (χ4n) is 2.54. The highest BCUT2D eigenvalue weighted by Crippen LogP contribution is 2.25. The summed E-state index contributed by atoms with van der Waals surface area (Å²) in [4.78, 5) is 0.